The van der Waals surface area contributed by atoms with E-state index in [-0.39, 0.29) is 17.9 Å². The molecule has 1 heterocycles. The topological polar surface area (TPSA) is 80.8 Å². The summed E-state index contributed by atoms with van der Waals surface area (Å²) in [6, 6.07) is 27.4. The van der Waals surface area contributed by atoms with Crippen LogP contribution in [0.15, 0.2) is 102 Å². The van der Waals surface area contributed by atoms with Crippen molar-refractivity contribution in [3.63, 3.8) is 0 Å². The zero-order chi connectivity index (χ0) is 25.0. The molecule has 0 N–H and O–H groups in total. The summed E-state index contributed by atoms with van der Waals surface area (Å²) >= 11 is 0. The number of likely N-dealkylation sites (tertiary alicyclic amines) is 1. The molecule has 35 heavy (non-hydrogen) atoms. The van der Waals surface area contributed by atoms with Gasteiger partial charge < -0.3 is 4.74 Å². The van der Waals surface area contributed by atoms with E-state index in [0.717, 1.165) is 16.0 Å². The molecule has 180 valence electrons. The number of β-lactam (4-membered cyclic amide) rings is 1. The van der Waals surface area contributed by atoms with E-state index in [1.54, 1.807) is 38.1 Å². The van der Waals surface area contributed by atoms with E-state index < -0.39 is 33.2 Å². The molecule has 0 radical (unpaired) electrons. The molecule has 0 spiro atoms. The Morgan fingerprint density at radius 2 is 1.37 bits per heavy atom. The molecular formula is C28H27NO5S. The highest BCUT2D eigenvalue weighted by Crippen LogP contribution is 2.35. The number of amides is 1. The number of carbonyl (C=O) groups excluding carboxylic acids is 2. The minimum Gasteiger partial charge on any atom is -0.448 e. The second-order valence-electron chi connectivity index (χ2n) is 8.67. The van der Waals surface area contributed by atoms with Crippen LogP contribution in [0.5, 0.6) is 0 Å². The summed E-state index contributed by atoms with van der Waals surface area (Å²) in [7, 11) is -3.74. The van der Waals surface area contributed by atoms with Gasteiger partial charge in [-0.05, 0) is 36.1 Å². The number of sulfone groups is 1. The molecule has 1 atom stereocenters. The molecule has 0 aromatic heterocycles. The molecule has 1 fully saturated rings. The van der Waals surface area contributed by atoms with Crippen molar-refractivity contribution >= 4 is 21.7 Å². The summed E-state index contributed by atoms with van der Waals surface area (Å²) < 4.78 is 32.3. The van der Waals surface area contributed by atoms with Crippen LogP contribution in [0.4, 0.5) is 0 Å². The van der Waals surface area contributed by atoms with Gasteiger partial charge in [0, 0.05) is 0 Å². The van der Waals surface area contributed by atoms with E-state index in [2.05, 4.69) is 0 Å². The predicted octanol–water partition coefficient (Wildman–Crippen LogP) is 4.79. The highest BCUT2D eigenvalue weighted by atomic mass is 32.2. The van der Waals surface area contributed by atoms with Crippen LogP contribution in [0.1, 0.15) is 43.1 Å². The lowest BCUT2D eigenvalue weighted by molar-refractivity contribution is -0.151. The van der Waals surface area contributed by atoms with Gasteiger partial charge in [-0.2, -0.15) is 0 Å². The SMILES string of the molecule is CC(C)=C(C(=O)OC(c1ccccc1)c1ccccc1)N1C(=O)CC1S(=O)(=O)Cc1ccccc1. The Hall–Kier alpha value is -3.71. The Balaban J connectivity index is 1.63. The quantitative estimate of drug-likeness (QED) is 0.258. The van der Waals surface area contributed by atoms with Gasteiger partial charge in [-0.25, -0.2) is 13.2 Å². The number of rotatable bonds is 8. The maximum Gasteiger partial charge on any atom is 0.355 e. The number of benzene rings is 3. The van der Waals surface area contributed by atoms with Crippen molar-refractivity contribution in [2.45, 2.75) is 37.5 Å². The van der Waals surface area contributed by atoms with Gasteiger partial charge in [0.2, 0.25) is 5.91 Å². The number of ether oxygens (including phenoxy) is 1. The van der Waals surface area contributed by atoms with Crippen molar-refractivity contribution < 1.29 is 22.7 Å². The number of hydrogen-bond acceptors (Lipinski definition) is 5. The molecule has 7 heteroatoms. The molecule has 0 bridgehead atoms. The van der Waals surface area contributed by atoms with Gasteiger partial charge in [-0.15, -0.1) is 0 Å². The molecule has 3 aromatic rings. The first-order valence-electron chi connectivity index (χ1n) is 11.3. The number of hydrogen-bond donors (Lipinski definition) is 0. The third kappa shape index (κ3) is 5.35. The summed E-state index contributed by atoms with van der Waals surface area (Å²) in [5, 5.41) is -1.11. The van der Waals surface area contributed by atoms with Gasteiger partial charge in [0.25, 0.3) is 0 Å². The number of esters is 1. The van der Waals surface area contributed by atoms with Crippen molar-refractivity contribution in [2.75, 3.05) is 0 Å². The van der Waals surface area contributed by atoms with Crippen molar-refractivity contribution in [1.82, 2.24) is 4.90 Å². The molecule has 6 nitrogen and oxygen atoms in total. The fourth-order valence-corrected chi connectivity index (χ4v) is 5.93. The Labute approximate surface area is 205 Å². The minimum atomic E-state index is -3.74. The average molecular weight is 490 g/mol. The smallest absolute Gasteiger partial charge is 0.355 e. The fourth-order valence-electron chi connectivity index (χ4n) is 4.14. The molecule has 1 unspecified atom stereocenters. The first-order chi connectivity index (χ1) is 16.8. The first kappa shape index (κ1) is 24.4. The maximum atomic E-state index is 13.5. The van der Waals surface area contributed by atoms with Gasteiger partial charge >= 0.3 is 5.97 Å². The number of carbonyl (C=O) groups is 2. The minimum absolute atomic E-state index is 0.0280. The Morgan fingerprint density at radius 1 is 0.886 bits per heavy atom. The van der Waals surface area contributed by atoms with Crippen molar-refractivity contribution in [2.24, 2.45) is 0 Å². The molecule has 0 aliphatic carbocycles. The molecule has 1 saturated heterocycles. The van der Waals surface area contributed by atoms with Crippen LogP contribution in [-0.2, 0) is 29.9 Å². The third-order valence-electron chi connectivity index (χ3n) is 5.87. The van der Waals surface area contributed by atoms with E-state index in [9.17, 15) is 18.0 Å². The van der Waals surface area contributed by atoms with E-state index in [1.807, 2.05) is 66.7 Å². The molecule has 0 saturated carbocycles. The second-order valence-corrected chi connectivity index (χ2v) is 10.8. The largest absolute Gasteiger partial charge is 0.448 e. The molecular weight excluding hydrogens is 462 g/mol. The van der Waals surface area contributed by atoms with E-state index in [4.69, 9.17) is 4.74 Å². The van der Waals surface area contributed by atoms with Gasteiger partial charge in [-0.3, -0.25) is 9.69 Å². The molecule has 3 aromatic carbocycles. The van der Waals surface area contributed by atoms with E-state index in [1.165, 1.54) is 0 Å². The summed E-state index contributed by atoms with van der Waals surface area (Å²) in [6.45, 7) is 3.34. The van der Waals surface area contributed by atoms with Crippen LogP contribution in [0.25, 0.3) is 0 Å². The van der Waals surface area contributed by atoms with E-state index >= 15 is 0 Å². The van der Waals surface area contributed by atoms with Gasteiger partial charge in [0.05, 0.1) is 12.2 Å². The maximum absolute atomic E-state index is 13.5. The summed E-state index contributed by atoms with van der Waals surface area (Å²) in [6.07, 6.45) is -0.880. The number of nitrogens with zero attached hydrogens (tertiary/aromatic N) is 1. The Kier molecular flexibility index (Phi) is 7.17. The fraction of sp³-hybridized carbons (Fsp3) is 0.214. The Bertz CT molecular complexity index is 1290. The highest BCUT2D eigenvalue weighted by Gasteiger charge is 2.49. The summed E-state index contributed by atoms with van der Waals surface area (Å²) in [4.78, 5) is 27.2. The molecule has 1 aliphatic heterocycles. The molecule has 1 aliphatic rings. The zero-order valence-electron chi connectivity index (χ0n) is 19.6. The predicted molar refractivity (Wildman–Crippen MR) is 134 cm³/mol. The summed E-state index contributed by atoms with van der Waals surface area (Å²) in [5.74, 6) is -1.38. The van der Waals surface area contributed by atoms with Crippen LogP contribution in [0.3, 0.4) is 0 Å². The first-order valence-corrected chi connectivity index (χ1v) is 13.1. The van der Waals surface area contributed by atoms with Crippen LogP contribution >= 0.6 is 0 Å². The van der Waals surface area contributed by atoms with Crippen LogP contribution in [0, 0.1) is 0 Å². The monoisotopic (exact) mass is 489 g/mol. The zero-order valence-corrected chi connectivity index (χ0v) is 20.4. The molecule has 4 rings (SSSR count). The van der Waals surface area contributed by atoms with Crippen molar-refractivity contribution in [3.05, 3.63) is 119 Å². The second kappa shape index (κ2) is 10.3. The third-order valence-corrected chi connectivity index (χ3v) is 7.81. The summed E-state index contributed by atoms with van der Waals surface area (Å²) in [5.41, 5.74) is 2.63. The van der Waals surface area contributed by atoms with Crippen LogP contribution in [0.2, 0.25) is 0 Å². The lowest BCUT2D eigenvalue weighted by Crippen LogP contribution is -2.57. The Morgan fingerprint density at radius 3 is 1.83 bits per heavy atom. The van der Waals surface area contributed by atoms with Crippen LogP contribution in [-0.4, -0.2) is 30.6 Å². The van der Waals surface area contributed by atoms with Crippen LogP contribution < -0.4 is 0 Å². The normalized spacial score (nSPS) is 15.5. The van der Waals surface area contributed by atoms with Crippen molar-refractivity contribution in [3.8, 4) is 0 Å². The van der Waals surface area contributed by atoms with E-state index in [0.29, 0.717) is 11.1 Å². The van der Waals surface area contributed by atoms with Gasteiger partial charge in [0.15, 0.2) is 15.9 Å². The lowest BCUT2D eigenvalue weighted by atomic mass is 10.0. The molecule has 1 amide bonds. The number of allylic oxidation sites excluding steroid dienone is 1. The highest BCUT2D eigenvalue weighted by molar-refractivity contribution is 7.91. The van der Waals surface area contributed by atoms with Crippen molar-refractivity contribution in [1.29, 1.82) is 0 Å². The van der Waals surface area contributed by atoms with Gasteiger partial charge in [-0.1, -0.05) is 91.0 Å². The lowest BCUT2D eigenvalue weighted by Gasteiger charge is -2.41. The standard InChI is InChI=1S/C28H27NO5S/c1-20(2)26(29-24(30)18-25(29)35(32,33)19-21-12-6-3-7-13-21)28(31)34-27(22-14-8-4-9-15-22)23-16-10-5-11-17-23/h3-17,25,27H,18-19H2,1-2H3. The average Bonchev–Trinajstić information content (AvgIpc) is 2.85. The van der Waals surface area contributed by atoms with Gasteiger partial charge in [0.1, 0.15) is 11.1 Å².